The summed E-state index contributed by atoms with van der Waals surface area (Å²) in [6.07, 6.45) is 0. The first-order chi connectivity index (χ1) is 15.4. The van der Waals surface area contributed by atoms with Crippen LogP contribution in [0.1, 0.15) is 10.6 Å². The highest BCUT2D eigenvalue weighted by Gasteiger charge is 2.20. The van der Waals surface area contributed by atoms with Gasteiger partial charge in [0.1, 0.15) is 5.75 Å². The number of benzene rings is 3. The number of hydrogen-bond donors (Lipinski definition) is 1. The number of hydrogen-bond acceptors (Lipinski definition) is 6. The van der Waals surface area contributed by atoms with Crippen molar-refractivity contribution >= 4 is 28.9 Å². The Balaban J connectivity index is 1.72. The van der Waals surface area contributed by atoms with Gasteiger partial charge in [-0.15, -0.1) is 5.10 Å². The Hall–Kier alpha value is -4.24. The summed E-state index contributed by atoms with van der Waals surface area (Å²) in [4.78, 5) is 27.7. The summed E-state index contributed by atoms with van der Waals surface area (Å²) >= 11 is 6.00. The maximum atomic E-state index is 12.8. The van der Waals surface area contributed by atoms with Crippen molar-refractivity contribution in [2.75, 3.05) is 12.4 Å². The second-order valence-electron chi connectivity index (χ2n) is 6.64. The Morgan fingerprint density at radius 1 is 1.09 bits per heavy atom. The van der Waals surface area contributed by atoms with Crippen molar-refractivity contribution in [1.82, 2.24) is 14.8 Å². The number of halogens is 1. The van der Waals surface area contributed by atoms with Gasteiger partial charge >= 0.3 is 0 Å². The van der Waals surface area contributed by atoms with Gasteiger partial charge in [0.2, 0.25) is 5.82 Å². The highest BCUT2D eigenvalue weighted by Crippen LogP contribution is 2.25. The minimum Gasteiger partial charge on any atom is -0.497 e. The lowest BCUT2D eigenvalue weighted by atomic mass is 10.2. The molecule has 0 unspecified atom stereocenters. The molecule has 1 N–H and O–H groups in total. The predicted octanol–water partition coefficient (Wildman–Crippen LogP) is 4.76. The summed E-state index contributed by atoms with van der Waals surface area (Å²) in [5, 5.41) is 18.5. The molecule has 0 spiro atoms. The molecular weight excluding hydrogens is 434 g/mol. The Morgan fingerprint density at radius 2 is 1.81 bits per heavy atom. The fourth-order valence-corrected chi connectivity index (χ4v) is 3.11. The second-order valence-corrected chi connectivity index (χ2v) is 7.07. The van der Waals surface area contributed by atoms with Crippen LogP contribution in [0.5, 0.6) is 5.75 Å². The molecule has 1 heterocycles. The number of ether oxygens (including phenoxy) is 1. The number of carbonyl (C=O) groups excluding carboxylic acids is 1. The van der Waals surface area contributed by atoms with E-state index in [1.54, 1.807) is 61.7 Å². The van der Waals surface area contributed by atoms with E-state index in [-0.39, 0.29) is 17.2 Å². The van der Waals surface area contributed by atoms with E-state index in [1.165, 1.54) is 22.9 Å². The minimum atomic E-state index is -0.604. The van der Waals surface area contributed by atoms with Gasteiger partial charge in [-0.05, 0) is 54.6 Å². The third-order valence-electron chi connectivity index (χ3n) is 4.54. The SMILES string of the molecule is COc1ccc(-n2nc(C(=O)Nc3cccc([N+](=O)[O-])c3)nc2-c2ccc(Cl)cc2)cc1. The van der Waals surface area contributed by atoms with Crippen molar-refractivity contribution < 1.29 is 14.5 Å². The normalized spacial score (nSPS) is 10.6. The molecule has 0 saturated carbocycles. The molecule has 10 heteroatoms. The molecule has 4 rings (SSSR count). The van der Waals surface area contributed by atoms with Gasteiger partial charge in [-0.3, -0.25) is 14.9 Å². The van der Waals surface area contributed by atoms with E-state index in [0.717, 1.165) is 0 Å². The summed E-state index contributed by atoms with van der Waals surface area (Å²) in [5.41, 5.74) is 1.49. The van der Waals surface area contributed by atoms with Gasteiger partial charge in [-0.25, -0.2) is 9.67 Å². The largest absolute Gasteiger partial charge is 0.497 e. The first kappa shape index (κ1) is 21.0. The lowest BCUT2D eigenvalue weighted by molar-refractivity contribution is -0.384. The van der Waals surface area contributed by atoms with Crippen LogP contribution in [0, 0.1) is 10.1 Å². The number of nitro groups is 1. The van der Waals surface area contributed by atoms with Crippen LogP contribution in [-0.4, -0.2) is 32.7 Å². The summed E-state index contributed by atoms with van der Waals surface area (Å²) in [5.74, 6) is 0.395. The molecule has 0 fully saturated rings. The van der Waals surface area contributed by atoms with Gasteiger partial charge in [0.25, 0.3) is 11.6 Å². The minimum absolute atomic E-state index is 0.0997. The quantitative estimate of drug-likeness (QED) is 0.335. The zero-order valence-electron chi connectivity index (χ0n) is 16.7. The number of amides is 1. The van der Waals surface area contributed by atoms with E-state index >= 15 is 0 Å². The molecule has 9 nitrogen and oxygen atoms in total. The van der Waals surface area contributed by atoms with Crippen molar-refractivity contribution in [3.8, 4) is 22.8 Å². The molecule has 0 aliphatic carbocycles. The number of anilines is 1. The number of nitrogens with zero attached hydrogens (tertiary/aromatic N) is 4. The van der Waals surface area contributed by atoms with Crippen LogP contribution in [0.25, 0.3) is 17.1 Å². The van der Waals surface area contributed by atoms with Crippen LogP contribution in [0.4, 0.5) is 11.4 Å². The molecule has 1 aromatic heterocycles. The molecule has 0 saturated heterocycles. The average Bonchev–Trinajstić information content (AvgIpc) is 3.25. The third-order valence-corrected chi connectivity index (χ3v) is 4.80. The highest BCUT2D eigenvalue weighted by molar-refractivity contribution is 6.30. The molecular formula is C22H16ClN5O4. The maximum Gasteiger partial charge on any atom is 0.295 e. The molecule has 3 aromatic carbocycles. The van der Waals surface area contributed by atoms with Crippen LogP contribution in [-0.2, 0) is 0 Å². The fraction of sp³-hybridized carbons (Fsp3) is 0.0455. The zero-order chi connectivity index (χ0) is 22.7. The Morgan fingerprint density at radius 3 is 2.47 bits per heavy atom. The summed E-state index contributed by atoms with van der Waals surface area (Å²) in [7, 11) is 1.57. The molecule has 0 aliphatic heterocycles. The van der Waals surface area contributed by atoms with Gasteiger partial charge < -0.3 is 10.1 Å². The molecule has 32 heavy (non-hydrogen) atoms. The standard InChI is InChI=1S/C22H16ClN5O4/c1-32-19-11-9-17(10-12-19)27-21(14-5-7-15(23)8-6-14)25-20(26-27)22(29)24-16-3-2-4-18(13-16)28(30)31/h2-13H,1H3,(H,24,29). The van der Waals surface area contributed by atoms with E-state index in [2.05, 4.69) is 15.4 Å². The summed E-state index contributed by atoms with van der Waals surface area (Å²) in [6.45, 7) is 0. The number of rotatable bonds is 6. The number of carbonyl (C=O) groups is 1. The topological polar surface area (TPSA) is 112 Å². The Bertz CT molecular complexity index is 1290. The Labute approximate surface area is 187 Å². The van der Waals surface area contributed by atoms with Crippen LogP contribution >= 0.6 is 11.6 Å². The van der Waals surface area contributed by atoms with Crippen molar-refractivity contribution in [3.05, 3.63) is 93.8 Å². The lowest BCUT2D eigenvalue weighted by Gasteiger charge is -2.07. The average molecular weight is 450 g/mol. The third kappa shape index (κ3) is 4.42. The number of nitro benzene ring substituents is 1. The molecule has 0 atom stereocenters. The van der Waals surface area contributed by atoms with E-state index in [0.29, 0.717) is 27.8 Å². The molecule has 1 amide bonds. The van der Waals surface area contributed by atoms with E-state index in [9.17, 15) is 14.9 Å². The predicted molar refractivity (Wildman–Crippen MR) is 119 cm³/mol. The van der Waals surface area contributed by atoms with Crippen molar-refractivity contribution in [2.45, 2.75) is 0 Å². The molecule has 0 aliphatic rings. The molecule has 0 radical (unpaired) electrons. The van der Waals surface area contributed by atoms with E-state index < -0.39 is 10.8 Å². The first-order valence-electron chi connectivity index (χ1n) is 9.38. The highest BCUT2D eigenvalue weighted by atomic mass is 35.5. The van der Waals surface area contributed by atoms with Crippen molar-refractivity contribution in [1.29, 1.82) is 0 Å². The molecule has 4 aromatic rings. The van der Waals surface area contributed by atoms with E-state index in [1.807, 2.05) is 0 Å². The lowest BCUT2D eigenvalue weighted by Crippen LogP contribution is -2.14. The maximum absolute atomic E-state index is 12.8. The second kappa shape index (κ2) is 8.86. The molecule has 160 valence electrons. The van der Waals surface area contributed by atoms with E-state index in [4.69, 9.17) is 16.3 Å². The zero-order valence-corrected chi connectivity index (χ0v) is 17.5. The summed E-state index contributed by atoms with van der Waals surface area (Å²) in [6, 6.07) is 19.7. The smallest absolute Gasteiger partial charge is 0.295 e. The van der Waals surface area contributed by atoms with Crippen molar-refractivity contribution in [2.24, 2.45) is 0 Å². The fourth-order valence-electron chi connectivity index (χ4n) is 2.98. The van der Waals surface area contributed by atoms with Crippen LogP contribution in [0.3, 0.4) is 0 Å². The van der Waals surface area contributed by atoms with Crippen LogP contribution in [0.15, 0.2) is 72.8 Å². The molecule has 0 bridgehead atoms. The monoisotopic (exact) mass is 449 g/mol. The first-order valence-corrected chi connectivity index (χ1v) is 9.75. The van der Waals surface area contributed by atoms with Gasteiger partial charge in [0.05, 0.1) is 17.7 Å². The summed E-state index contributed by atoms with van der Waals surface area (Å²) < 4.78 is 6.73. The number of nitrogens with one attached hydrogen (secondary N) is 1. The van der Waals surface area contributed by atoms with Crippen molar-refractivity contribution in [3.63, 3.8) is 0 Å². The number of aromatic nitrogens is 3. The number of methoxy groups -OCH3 is 1. The van der Waals surface area contributed by atoms with Gasteiger partial charge in [-0.1, -0.05) is 17.7 Å². The number of non-ortho nitro benzene ring substituents is 1. The van der Waals surface area contributed by atoms with Gasteiger partial charge in [0.15, 0.2) is 5.82 Å². The van der Waals surface area contributed by atoms with Gasteiger partial charge in [-0.2, -0.15) is 0 Å². The van der Waals surface area contributed by atoms with Crippen LogP contribution < -0.4 is 10.1 Å². The van der Waals surface area contributed by atoms with Gasteiger partial charge in [0, 0.05) is 28.4 Å². The Kier molecular flexibility index (Phi) is 5.82. The van der Waals surface area contributed by atoms with Crippen LogP contribution in [0.2, 0.25) is 5.02 Å².